The van der Waals surface area contributed by atoms with Crippen LogP contribution in [-0.4, -0.2) is 5.16 Å². The van der Waals surface area contributed by atoms with Gasteiger partial charge in [-0.3, -0.25) is 0 Å². The molecule has 0 N–H and O–H groups in total. The third-order valence-corrected chi connectivity index (χ3v) is 5.69. The molecule has 0 amide bonds. The molecule has 0 saturated heterocycles. The Hall–Kier alpha value is -3.56. The standard InChI is InChI=1S/C31H27F2NS/c1-3-5-6-7-8-9-10-23-13-16-27(17-14-23)28-18-15-24(19-26(28)4-2)11-12-25-20-29(32)31(34-22-35)30(33)21-25/h13-21H,3-8H2,1-2H3. The molecular weight excluding hydrogens is 456 g/mol. The molecule has 0 saturated carbocycles. The Morgan fingerprint density at radius 2 is 1.46 bits per heavy atom. The van der Waals surface area contributed by atoms with E-state index in [1.54, 1.807) is 0 Å². The van der Waals surface area contributed by atoms with Crippen LogP contribution in [0.15, 0.2) is 59.6 Å². The van der Waals surface area contributed by atoms with Crippen molar-refractivity contribution in [3.63, 3.8) is 0 Å². The Balaban J connectivity index is 1.76. The van der Waals surface area contributed by atoms with Crippen LogP contribution in [0.25, 0.3) is 11.1 Å². The number of hydrogen-bond acceptors (Lipinski definition) is 2. The molecular formula is C31H27F2NS. The minimum Gasteiger partial charge on any atom is -0.204 e. The van der Waals surface area contributed by atoms with Gasteiger partial charge in [-0.2, -0.15) is 4.99 Å². The number of aryl methyl sites for hydroxylation is 1. The number of rotatable bonds is 7. The van der Waals surface area contributed by atoms with Crippen molar-refractivity contribution in [2.75, 3.05) is 0 Å². The van der Waals surface area contributed by atoms with Gasteiger partial charge in [-0.25, -0.2) is 8.78 Å². The average Bonchev–Trinajstić information content (AvgIpc) is 2.87. The van der Waals surface area contributed by atoms with Gasteiger partial charge < -0.3 is 0 Å². The van der Waals surface area contributed by atoms with E-state index >= 15 is 0 Å². The summed E-state index contributed by atoms with van der Waals surface area (Å²) in [4.78, 5) is 3.42. The molecule has 0 atom stereocenters. The van der Waals surface area contributed by atoms with Gasteiger partial charge in [-0.15, -0.1) is 0 Å². The van der Waals surface area contributed by atoms with Crippen LogP contribution in [0.3, 0.4) is 0 Å². The topological polar surface area (TPSA) is 12.4 Å². The van der Waals surface area contributed by atoms with Gasteiger partial charge in [0.2, 0.25) is 0 Å². The van der Waals surface area contributed by atoms with Crippen LogP contribution in [0.2, 0.25) is 0 Å². The Morgan fingerprint density at radius 1 is 0.771 bits per heavy atom. The summed E-state index contributed by atoms with van der Waals surface area (Å²) in [6.45, 7) is 4.30. The van der Waals surface area contributed by atoms with E-state index in [2.05, 4.69) is 79.0 Å². The van der Waals surface area contributed by atoms with Crippen molar-refractivity contribution in [1.82, 2.24) is 0 Å². The monoisotopic (exact) mass is 483 g/mol. The molecule has 0 spiro atoms. The van der Waals surface area contributed by atoms with Gasteiger partial charge in [-0.05, 0) is 78.1 Å². The Kier molecular flexibility index (Phi) is 9.94. The highest BCUT2D eigenvalue weighted by molar-refractivity contribution is 7.78. The maximum Gasteiger partial charge on any atom is 0.153 e. The predicted molar refractivity (Wildman–Crippen MR) is 144 cm³/mol. The van der Waals surface area contributed by atoms with Crippen LogP contribution in [0.4, 0.5) is 14.5 Å². The van der Waals surface area contributed by atoms with Gasteiger partial charge in [0, 0.05) is 23.1 Å². The molecule has 3 rings (SSSR count). The van der Waals surface area contributed by atoms with Gasteiger partial charge in [-0.1, -0.05) is 75.0 Å². The number of halogens is 2. The summed E-state index contributed by atoms with van der Waals surface area (Å²) in [7, 11) is 0. The van der Waals surface area contributed by atoms with E-state index in [9.17, 15) is 8.78 Å². The average molecular weight is 484 g/mol. The molecule has 3 aromatic rings. The molecule has 0 fully saturated rings. The zero-order valence-corrected chi connectivity index (χ0v) is 20.9. The number of benzene rings is 3. The smallest absolute Gasteiger partial charge is 0.153 e. The second-order valence-electron chi connectivity index (χ2n) is 8.16. The SMILES string of the molecule is CCCCCCC#Cc1ccc(-c2ccc(C#Cc3cc(F)c(N=C=S)c(F)c3)cc2CC)cc1. The summed E-state index contributed by atoms with van der Waals surface area (Å²) in [6.07, 6.45) is 6.68. The number of unbranched alkanes of at least 4 members (excludes halogenated alkanes) is 4. The molecule has 3 aromatic carbocycles. The minimum absolute atomic E-state index is 0.229. The second-order valence-corrected chi connectivity index (χ2v) is 8.34. The molecule has 176 valence electrons. The highest BCUT2D eigenvalue weighted by Crippen LogP contribution is 2.26. The van der Waals surface area contributed by atoms with Crippen LogP contribution in [-0.2, 0) is 6.42 Å². The van der Waals surface area contributed by atoms with Crippen molar-refractivity contribution in [2.45, 2.75) is 52.4 Å². The molecule has 0 aliphatic rings. The van der Waals surface area contributed by atoms with E-state index in [4.69, 9.17) is 0 Å². The third kappa shape index (κ3) is 7.46. The van der Waals surface area contributed by atoms with Crippen molar-refractivity contribution >= 4 is 23.1 Å². The summed E-state index contributed by atoms with van der Waals surface area (Å²) in [5.41, 5.74) is 4.98. The Bertz CT molecular complexity index is 1320. The van der Waals surface area contributed by atoms with Crippen LogP contribution in [0.5, 0.6) is 0 Å². The molecule has 4 heteroatoms. The van der Waals surface area contributed by atoms with E-state index in [1.807, 2.05) is 23.4 Å². The molecule has 0 aliphatic heterocycles. The van der Waals surface area contributed by atoms with Crippen molar-refractivity contribution in [1.29, 1.82) is 0 Å². The fourth-order valence-corrected chi connectivity index (χ4v) is 3.81. The van der Waals surface area contributed by atoms with Crippen molar-refractivity contribution in [2.24, 2.45) is 4.99 Å². The zero-order valence-electron chi connectivity index (χ0n) is 20.1. The Morgan fingerprint density at radius 3 is 2.11 bits per heavy atom. The summed E-state index contributed by atoms with van der Waals surface area (Å²) >= 11 is 4.43. The lowest BCUT2D eigenvalue weighted by atomic mass is 9.95. The van der Waals surface area contributed by atoms with E-state index in [0.717, 1.165) is 59.2 Å². The van der Waals surface area contributed by atoms with Crippen LogP contribution in [0.1, 0.15) is 68.2 Å². The summed E-state index contributed by atoms with van der Waals surface area (Å²) < 4.78 is 28.1. The van der Waals surface area contributed by atoms with Gasteiger partial charge in [0.1, 0.15) is 5.69 Å². The lowest BCUT2D eigenvalue weighted by Crippen LogP contribution is -1.90. The first-order valence-electron chi connectivity index (χ1n) is 11.9. The zero-order chi connectivity index (χ0) is 25.0. The number of thiocarbonyl (C=S) groups is 1. The summed E-state index contributed by atoms with van der Waals surface area (Å²) in [5.74, 6) is 10.7. The number of aliphatic imine (C=N–C) groups is 1. The molecule has 35 heavy (non-hydrogen) atoms. The van der Waals surface area contributed by atoms with Crippen molar-refractivity contribution in [3.8, 4) is 34.8 Å². The Labute approximate surface area is 212 Å². The molecule has 0 heterocycles. The van der Waals surface area contributed by atoms with E-state index < -0.39 is 17.3 Å². The fourth-order valence-electron chi connectivity index (χ4n) is 3.72. The first-order chi connectivity index (χ1) is 17.0. The normalized spacial score (nSPS) is 9.94. The maximum atomic E-state index is 14.0. The lowest BCUT2D eigenvalue weighted by molar-refractivity contribution is 0.587. The fraction of sp³-hybridized carbons (Fsp3) is 0.258. The van der Waals surface area contributed by atoms with Crippen molar-refractivity contribution in [3.05, 3.63) is 88.5 Å². The predicted octanol–water partition coefficient (Wildman–Crippen LogP) is 8.65. The summed E-state index contributed by atoms with van der Waals surface area (Å²) in [5, 5.41) is 1.98. The third-order valence-electron chi connectivity index (χ3n) is 5.60. The number of hydrogen-bond donors (Lipinski definition) is 0. The largest absolute Gasteiger partial charge is 0.204 e. The molecule has 0 unspecified atom stereocenters. The maximum absolute atomic E-state index is 14.0. The highest BCUT2D eigenvalue weighted by atomic mass is 32.1. The molecule has 1 nitrogen and oxygen atoms in total. The molecule has 0 radical (unpaired) electrons. The molecule has 0 aliphatic carbocycles. The van der Waals surface area contributed by atoms with Crippen LogP contribution < -0.4 is 0 Å². The number of isothiocyanates is 1. The van der Waals surface area contributed by atoms with E-state index in [0.29, 0.717) is 0 Å². The first kappa shape index (κ1) is 26.1. The first-order valence-corrected chi connectivity index (χ1v) is 12.3. The van der Waals surface area contributed by atoms with Crippen molar-refractivity contribution < 1.29 is 8.78 Å². The lowest BCUT2D eigenvalue weighted by Gasteiger charge is -2.09. The summed E-state index contributed by atoms with van der Waals surface area (Å²) in [6, 6.07) is 16.6. The minimum atomic E-state index is -0.819. The quantitative estimate of drug-likeness (QED) is 0.142. The molecule has 0 aromatic heterocycles. The molecule has 0 bridgehead atoms. The van der Waals surface area contributed by atoms with Gasteiger partial charge in [0.25, 0.3) is 0 Å². The van der Waals surface area contributed by atoms with Gasteiger partial charge >= 0.3 is 0 Å². The van der Waals surface area contributed by atoms with Gasteiger partial charge in [0.05, 0.1) is 5.16 Å². The van der Waals surface area contributed by atoms with Crippen LogP contribution in [0, 0.1) is 35.3 Å². The second kappa shape index (κ2) is 13.4. The van der Waals surface area contributed by atoms with Gasteiger partial charge in [0.15, 0.2) is 11.6 Å². The highest BCUT2D eigenvalue weighted by Gasteiger charge is 2.09. The van der Waals surface area contributed by atoms with E-state index in [-0.39, 0.29) is 5.56 Å². The number of nitrogens with zero attached hydrogens (tertiary/aromatic N) is 1. The van der Waals surface area contributed by atoms with E-state index in [1.165, 1.54) is 19.3 Å². The van der Waals surface area contributed by atoms with Crippen LogP contribution >= 0.6 is 12.2 Å².